The summed E-state index contributed by atoms with van der Waals surface area (Å²) in [5, 5.41) is 10.8. The second-order valence-corrected chi connectivity index (χ2v) is 1.67. The van der Waals surface area contributed by atoms with E-state index in [-0.39, 0.29) is 0 Å². The molecule has 1 N–H and O–H groups in total. The number of hydrogen-bond acceptors (Lipinski definition) is 3. The van der Waals surface area contributed by atoms with Crippen molar-refractivity contribution in [2.75, 3.05) is 7.05 Å². The van der Waals surface area contributed by atoms with Gasteiger partial charge >= 0.3 is 0 Å². The van der Waals surface area contributed by atoms with E-state index in [0.29, 0.717) is 0 Å². The van der Waals surface area contributed by atoms with E-state index in [9.17, 15) is 0 Å². The van der Waals surface area contributed by atoms with E-state index in [1.54, 1.807) is 7.05 Å². The fourth-order valence-electron chi connectivity index (χ4n) is 0.487. The van der Waals surface area contributed by atoms with Crippen LogP contribution >= 0.6 is 0 Å². The predicted molar refractivity (Wildman–Crippen MR) is 38.5 cm³/mol. The van der Waals surface area contributed by atoms with Crippen LogP contribution in [0.2, 0.25) is 0 Å². The van der Waals surface area contributed by atoms with Crippen molar-refractivity contribution in [2.24, 2.45) is 10.1 Å². The molecule has 0 aliphatic heterocycles. The Kier molecular flexibility index (Phi) is 6.46. The molecule has 0 aliphatic rings. The van der Waals surface area contributed by atoms with Crippen molar-refractivity contribution < 1.29 is 5.21 Å². The molecule has 0 heterocycles. The topological polar surface area (TPSA) is 45.0 Å². The molecule has 0 rings (SSSR count). The number of aliphatic imine (C=N–C) groups is 1. The van der Waals surface area contributed by atoms with Crippen LogP contribution in [0.3, 0.4) is 0 Å². The van der Waals surface area contributed by atoms with Crippen LogP contribution in [-0.4, -0.2) is 24.7 Å². The van der Waals surface area contributed by atoms with Crippen LogP contribution in [0.5, 0.6) is 0 Å². The molecule has 0 aliphatic carbocycles. The fraction of sp³-hybridized carbons (Fsp3) is 0.667. The molecule has 0 aromatic heterocycles. The van der Waals surface area contributed by atoms with Gasteiger partial charge in [-0.15, -0.1) is 5.16 Å². The molecule has 0 aromatic carbocycles. The van der Waals surface area contributed by atoms with Gasteiger partial charge in [0, 0.05) is 13.3 Å². The Morgan fingerprint density at radius 3 is 2.56 bits per heavy atom. The summed E-state index contributed by atoms with van der Waals surface area (Å²) in [6, 6.07) is 0. The van der Waals surface area contributed by atoms with Gasteiger partial charge in [0.05, 0.1) is 0 Å². The van der Waals surface area contributed by atoms with E-state index in [0.717, 1.165) is 19.3 Å². The van der Waals surface area contributed by atoms with Crippen LogP contribution in [0.25, 0.3) is 0 Å². The van der Waals surface area contributed by atoms with Crippen molar-refractivity contribution in [2.45, 2.75) is 19.3 Å². The van der Waals surface area contributed by atoms with Crippen LogP contribution in [0.4, 0.5) is 0 Å². The first kappa shape index (κ1) is 8.14. The minimum absolute atomic E-state index is 0.822. The van der Waals surface area contributed by atoms with Gasteiger partial charge in [-0.1, -0.05) is 0 Å². The number of unbranched alkanes of at least 4 members (excludes halogenated alkanes) is 2. The Hall–Kier alpha value is -0.860. The SMILES string of the molecule is CN=CCCC/C=N/O. The van der Waals surface area contributed by atoms with Crippen molar-refractivity contribution in [3.05, 3.63) is 0 Å². The number of nitrogens with zero attached hydrogens (tertiary/aromatic N) is 2. The second-order valence-electron chi connectivity index (χ2n) is 1.67. The molecule has 0 saturated carbocycles. The molecule has 0 saturated heterocycles. The third-order valence-electron chi connectivity index (χ3n) is 0.931. The average molecular weight is 128 g/mol. The highest BCUT2D eigenvalue weighted by atomic mass is 16.4. The lowest BCUT2D eigenvalue weighted by atomic mass is 10.3. The van der Waals surface area contributed by atoms with Gasteiger partial charge in [-0.3, -0.25) is 0 Å². The minimum Gasteiger partial charge on any atom is -0.411 e. The third-order valence-corrected chi connectivity index (χ3v) is 0.931. The zero-order valence-corrected chi connectivity index (χ0v) is 5.62. The van der Waals surface area contributed by atoms with E-state index in [1.807, 2.05) is 6.21 Å². The summed E-state index contributed by atoms with van der Waals surface area (Å²) >= 11 is 0. The maximum atomic E-state index is 7.96. The molecular weight excluding hydrogens is 116 g/mol. The molecule has 0 aromatic rings. The van der Waals surface area contributed by atoms with Crippen LogP contribution < -0.4 is 0 Å². The summed E-state index contributed by atoms with van der Waals surface area (Å²) in [7, 11) is 1.75. The van der Waals surface area contributed by atoms with Crippen molar-refractivity contribution in [1.29, 1.82) is 0 Å². The van der Waals surface area contributed by atoms with Gasteiger partial charge in [-0.2, -0.15) is 0 Å². The summed E-state index contributed by atoms with van der Waals surface area (Å²) in [4.78, 5) is 3.80. The average Bonchev–Trinajstić information content (AvgIpc) is 1.89. The first-order valence-corrected chi connectivity index (χ1v) is 2.98. The molecule has 0 atom stereocenters. The van der Waals surface area contributed by atoms with Gasteiger partial charge < -0.3 is 10.2 Å². The lowest BCUT2D eigenvalue weighted by molar-refractivity contribution is 0.320. The molecule has 0 radical (unpaired) electrons. The predicted octanol–water partition coefficient (Wildman–Crippen LogP) is 1.32. The maximum Gasteiger partial charge on any atom is 0.0436 e. The normalized spacial score (nSPS) is 11.7. The van der Waals surface area contributed by atoms with Crippen LogP contribution in [0.15, 0.2) is 10.1 Å². The van der Waals surface area contributed by atoms with E-state index < -0.39 is 0 Å². The van der Waals surface area contributed by atoms with Crippen molar-refractivity contribution >= 4 is 12.4 Å². The lowest BCUT2D eigenvalue weighted by Gasteiger charge is -1.85. The fourth-order valence-corrected chi connectivity index (χ4v) is 0.487. The van der Waals surface area contributed by atoms with Gasteiger partial charge in [0.25, 0.3) is 0 Å². The van der Waals surface area contributed by atoms with Crippen molar-refractivity contribution in [3.8, 4) is 0 Å². The van der Waals surface area contributed by atoms with Gasteiger partial charge in [-0.05, 0) is 25.5 Å². The molecule has 3 heteroatoms. The molecular formula is C6H12N2O. The molecule has 9 heavy (non-hydrogen) atoms. The Labute approximate surface area is 55.1 Å². The van der Waals surface area contributed by atoms with E-state index in [4.69, 9.17) is 5.21 Å². The van der Waals surface area contributed by atoms with Crippen LogP contribution in [0.1, 0.15) is 19.3 Å². The molecule has 0 bridgehead atoms. The largest absolute Gasteiger partial charge is 0.411 e. The zero-order chi connectivity index (χ0) is 6.95. The van der Waals surface area contributed by atoms with Crippen molar-refractivity contribution in [1.82, 2.24) is 0 Å². The monoisotopic (exact) mass is 128 g/mol. The highest BCUT2D eigenvalue weighted by molar-refractivity contribution is 5.59. The second kappa shape index (κ2) is 7.14. The lowest BCUT2D eigenvalue weighted by Crippen LogP contribution is -1.78. The third kappa shape index (κ3) is 7.14. The molecule has 0 amide bonds. The quantitative estimate of drug-likeness (QED) is 0.264. The smallest absolute Gasteiger partial charge is 0.0436 e. The van der Waals surface area contributed by atoms with E-state index in [2.05, 4.69) is 10.1 Å². The molecule has 0 spiro atoms. The number of hydrogen-bond donors (Lipinski definition) is 1. The van der Waals surface area contributed by atoms with Gasteiger partial charge in [0.1, 0.15) is 0 Å². The summed E-state index contributed by atoms with van der Waals surface area (Å²) < 4.78 is 0. The summed E-state index contributed by atoms with van der Waals surface area (Å²) in [5.74, 6) is 0. The van der Waals surface area contributed by atoms with E-state index in [1.165, 1.54) is 6.21 Å². The summed E-state index contributed by atoms with van der Waals surface area (Å²) in [6.07, 6.45) is 6.13. The van der Waals surface area contributed by atoms with E-state index >= 15 is 0 Å². The molecule has 0 fully saturated rings. The number of oxime groups is 1. The van der Waals surface area contributed by atoms with Gasteiger partial charge in [0.15, 0.2) is 0 Å². The first-order valence-electron chi connectivity index (χ1n) is 2.98. The highest BCUT2D eigenvalue weighted by Gasteiger charge is 1.79. The Balaban J connectivity index is 2.91. The van der Waals surface area contributed by atoms with Gasteiger partial charge in [0.2, 0.25) is 0 Å². The molecule has 3 nitrogen and oxygen atoms in total. The highest BCUT2D eigenvalue weighted by Crippen LogP contribution is 1.88. The maximum absolute atomic E-state index is 7.96. The molecule has 52 valence electrons. The van der Waals surface area contributed by atoms with Crippen LogP contribution in [0, 0.1) is 0 Å². The summed E-state index contributed by atoms with van der Waals surface area (Å²) in [5.41, 5.74) is 0. The molecule has 0 unspecified atom stereocenters. The number of rotatable bonds is 4. The van der Waals surface area contributed by atoms with Gasteiger partial charge in [-0.25, -0.2) is 0 Å². The van der Waals surface area contributed by atoms with Crippen molar-refractivity contribution in [3.63, 3.8) is 0 Å². The first-order chi connectivity index (χ1) is 4.41. The Morgan fingerprint density at radius 1 is 1.33 bits per heavy atom. The standard InChI is InChI=1S/C6H12N2O/c1-7-5-3-2-4-6-8-9/h5-6,9H,2-4H2,1H3/b7-5?,8-6+. The minimum atomic E-state index is 0.822. The Morgan fingerprint density at radius 2 is 2.00 bits per heavy atom. The summed E-state index contributed by atoms with van der Waals surface area (Å²) in [6.45, 7) is 0. The zero-order valence-electron chi connectivity index (χ0n) is 5.62. The van der Waals surface area contributed by atoms with Crippen LogP contribution in [-0.2, 0) is 0 Å². The Bertz CT molecular complexity index is 87.2.